The van der Waals surface area contributed by atoms with Crippen LogP contribution in [0.2, 0.25) is 5.02 Å². The normalized spacial score (nSPS) is 14.1. The number of amides is 1. The molecular weight excluding hydrogens is 652 g/mol. The van der Waals surface area contributed by atoms with Crippen molar-refractivity contribution < 1.29 is 9.90 Å². The third-order valence-corrected chi connectivity index (χ3v) is 9.19. The largest absolute Gasteiger partial charge is 0.508 e. The van der Waals surface area contributed by atoms with E-state index in [-0.39, 0.29) is 36.3 Å². The van der Waals surface area contributed by atoms with Crippen LogP contribution in [-0.2, 0) is 17.9 Å². The van der Waals surface area contributed by atoms with Crippen molar-refractivity contribution in [3.63, 3.8) is 0 Å². The van der Waals surface area contributed by atoms with Crippen LogP contribution in [0.25, 0.3) is 33.1 Å². The highest BCUT2D eigenvalue weighted by molar-refractivity contribution is 6.31. The summed E-state index contributed by atoms with van der Waals surface area (Å²) in [6.45, 7) is 2.03. The van der Waals surface area contributed by atoms with Crippen LogP contribution in [0.1, 0.15) is 42.6 Å². The molecule has 1 aliphatic rings. The molecule has 0 aliphatic carbocycles. The summed E-state index contributed by atoms with van der Waals surface area (Å²) < 4.78 is 3.35. The average Bonchev–Trinajstić information content (AvgIpc) is 3.76. The quantitative estimate of drug-likeness (QED) is 0.125. The molecule has 12 heteroatoms. The third kappa shape index (κ3) is 6.89. The number of rotatable bonds is 9. The van der Waals surface area contributed by atoms with Gasteiger partial charge in [-0.2, -0.15) is 5.10 Å². The molecule has 1 atom stereocenters. The second-order valence-electron chi connectivity index (χ2n) is 12.3. The van der Waals surface area contributed by atoms with E-state index in [1.807, 2.05) is 30.3 Å². The molecule has 1 aliphatic heterocycles. The van der Waals surface area contributed by atoms with E-state index in [1.54, 1.807) is 58.0 Å². The van der Waals surface area contributed by atoms with Crippen LogP contribution in [0.4, 0.5) is 5.69 Å². The number of carbonyl (C=O) groups excluding carboxylic acids is 1. The first-order chi connectivity index (χ1) is 24.4. The van der Waals surface area contributed by atoms with Gasteiger partial charge in [0.1, 0.15) is 17.3 Å². The summed E-state index contributed by atoms with van der Waals surface area (Å²) in [4.78, 5) is 36.1. The number of halogens is 1. The van der Waals surface area contributed by atoms with Crippen molar-refractivity contribution >= 4 is 45.0 Å². The Hall–Kier alpha value is -5.70. The molecule has 5 N–H and O–H groups in total. The summed E-state index contributed by atoms with van der Waals surface area (Å²) in [5, 5.41) is 22.7. The molecule has 0 bridgehead atoms. The first-order valence-corrected chi connectivity index (χ1v) is 16.9. The van der Waals surface area contributed by atoms with Crippen molar-refractivity contribution in [3.05, 3.63) is 111 Å². The number of hydrogen-bond donors (Lipinski definition) is 4. The minimum absolute atomic E-state index is 0.0310. The number of nitrogens with one attached hydrogen (secondary N) is 2. The lowest BCUT2D eigenvalue weighted by molar-refractivity contribution is -0.121. The Bertz CT molecular complexity index is 2330. The highest BCUT2D eigenvalue weighted by atomic mass is 35.5. The van der Waals surface area contributed by atoms with Gasteiger partial charge < -0.3 is 21.5 Å². The van der Waals surface area contributed by atoms with Crippen LogP contribution < -0.4 is 21.9 Å². The number of nitrogens with two attached hydrogens (primary N) is 1. The molecule has 0 saturated carbocycles. The molecule has 1 unspecified atom stereocenters. The molecule has 3 aromatic heterocycles. The van der Waals surface area contributed by atoms with Gasteiger partial charge >= 0.3 is 0 Å². The van der Waals surface area contributed by atoms with Crippen molar-refractivity contribution in [2.45, 2.75) is 44.8 Å². The van der Waals surface area contributed by atoms with E-state index in [9.17, 15) is 14.7 Å². The number of unbranched alkanes of at least 4 members (excludes halogenated alkanes) is 1. The second-order valence-corrected chi connectivity index (χ2v) is 12.7. The van der Waals surface area contributed by atoms with E-state index in [2.05, 4.69) is 27.5 Å². The smallest absolute Gasteiger partial charge is 0.263 e. The van der Waals surface area contributed by atoms with Gasteiger partial charge in [-0.25, -0.2) is 4.98 Å². The van der Waals surface area contributed by atoms with Crippen molar-refractivity contribution in [1.82, 2.24) is 34.9 Å². The molecule has 1 saturated heterocycles. The van der Waals surface area contributed by atoms with Crippen molar-refractivity contribution in [2.24, 2.45) is 0 Å². The zero-order valence-electron chi connectivity index (χ0n) is 27.2. The number of nitrogens with zero attached hydrogens (tertiary/aromatic N) is 5. The van der Waals surface area contributed by atoms with E-state index in [0.717, 1.165) is 30.6 Å². The molecule has 0 spiro atoms. The van der Waals surface area contributed by atoms with Crippen molar-refractivity contribution in [2.75, 3.05) is 18.8 Å². The Kier molecular flexibility index (Phi) is 9.47. The van der Waals surface area contributed by atoms with E-state index in [0.29, 0.717) is 68.9 Å². The highest BCUT2D eigenvalue weighted by Gasteiger charge is 2.20. The number of fused-ring (bicyclic) bond motifs is 2. The van der Waals surface area contributed by atoms with E-state index < -0.39 is 0 Å². The van der Waals surface area contributed by atoms with Crippen LogP contribution in [-0.4, -0.2) is 54.5 Å². The van der Waals surface area contributed by atoms with Gasteiger partial charge in [0, 0.05) is 41.6 Å². The van der Waals surface area contributed by atoms with E-state index in [1.165, 1.54) is 0 Å². The first kappa shape index (κ1) is 32.8. The molecule has 3 aromatic carbocycles. The standard InChI is InChI=1S/C38H35ClN8O3/c39-29-10-5-4-8-26(29)22-46-33(23-47-32-21-42-20-30(40)36(32)37(45-47)25-13-15-28(48)16-14-25)44-31-11-6-9-24(35(31)38(46)50)7-2-1-3-12-34(49)43-27-17-18-41-19-27/h4-6,8-11,13-16,20-21,27,41,48H,1,3,12,17-19,22-23,40H2,(H,43,49). The van der Waals surface area contributed by atoms with Gasteiger partial charge in [-0.15, -0.1) is 0 Å². The Morgan fingerprint density at radius 1 is 1.06 bits per heavy atom. The SMILES string of the molecule is Nc1cncc2c1c(-c1ccc(O)cc1)nn2Cc1nc2cccc(C#CCCCC(=O)NC3CCNC3)c2c(=O)n1Cc1ccccc1Cl. The second kappa shape index (κ2) is 14.4. The summed E-state index contributed by atoms with van der Waals surface area (Å²) in [6.07, 6.45) is 5.73. The molecule has 6 aromatic rings. The summed E-state index contributed by atoms with van der Waals surface area (Å²) >= 11 is 6.59. The Labute approximate surface area is 293 Å². The van der Waals surface area contributed by atoms with Gasteiger partial charge in [0.15, 0.2) is 0 Å². The fourth-order valence-electron chi connectivity index (χ4n) is 6.29. The zero-order chi connectivity index (χ0) is 34.6. The van der Waals surface area contributed by atoms with Gasteiger partial charge in [0.2, 0.25) is 5.91 Å². The maximum absolute atomic E-state index is 14.5. The fourth-order valence-corrected chi connectivity index (χ4v) is 6.48. The molecular formula is C38H35ClN8O3. The zero-order valence-corrected chi connectivity index (χ0v) is 28.0. The number of benzene rings is 3. The lowest BCUT2D eigenvalue weighted by Gasteiger charge is -2.15. The molecule has 4 heterocycles. The van der Waals surface area contributed by atoms with Crippen LogP contribution in [0, 0.1) is 11.8 Å². The van der Waals surface area contributed by atoms with Crippen LogP contribution >= 0.6 is 11.6 Å². The predicted molar refractivity (Wildman–Crippen MR) is 195 cm³/mol. The molecule has 7 rings (SSSR count). The summed E-state index contributed by atoms with van der Waals surface area (Å²) in [5.74, 6) is 6.96. The third-order valence-electron chi connectivity index (χ3n) is 8.83. The first-order valence-electron chi connectivity index (χ1n) is 16.5. The van der Waals surface area contributed by atoms with Gasteiger partial charge in [0.05, 0.1) is 53.0 Å². The highest BCUT2D eigenvalue weighted by Crippen LogP contribution is 2.33. The predicted octanol–water partition coefficient (Wildman–Crippen LogP) is 4.85. The minimum Gasteiger partial charge on any atom is -0.508 e. The number of aromatic nitrogens is 5. The van der Waals surface area contributed by atoms with Crippen LogP contribution in [0.3, 0.4) is 0 Å². The molecule has 50 heavy (non-hydrogen) atoms. The molecule has 11 nitrogen and oxygen atoms in total. The van der Waals surface area contributed by atoms with Gasteiger partial charge in [-0.1, -0.05) is 47.7 Å². The van der Waals surface area contributed by atoms with Gasteiger partial charge in [-0.3, -0.25) is 23.8 Å². The Morgan fingerprint density at radius 3 is 2.70 bits per heavy atom. The number of phenolic OH excluding ortho intramolecular Hbond substituents is 1. The maximum atomic E-state index is 14.5. The lowest BCUT2D eigenvalue weighted by Crippen LogP contribution is -2.35. The molecule has 1 fully saturated rings. The number of anilines is 1. The minimum atomic E-state index is -0.257. The number of aromatic hydroxyl groups is 1. The molecule has 0 radical (unpaired) electrons. The molecule has 1 amide bonds. The Morgan fingerprint density at radius 2 is 1.90 bits per heavy atom. The van der Waals surface area contributed by atoms with E-state index >= 15 is 0 Å². The van der Waals surface area contributed by atoms with E-state index in [4.69, 9.17) is 27.4 Å². The van der Waals surface area contributed by atoms with Crippen LogP contribution in [0.5, 0.6) is 5.75 Å². The number of phenols is 1. The number of carbonyl (C=O) groups is 1. The number of pyridine rings is 1. The number of hydrogen-bond acceptors (Lipinski definition) is 8. The summed E-state index contributed by atoms with van der Waals surface area (Å²) in [7, 11) is 0. The monoisotopic (exact) mass is 686 g/mol. The van der Waals surface area contributed by atoms with Crippen molar-refractivity contribution in [3.8, 4) is 28.8 Å². The topological polar surface area (TPSA) is 153 Å². The molecule has 252 valence electrons. The summed E-state index contributed by atoms with van der Waals surface area (Å²) in [5.41, 5.74) is 10.5. The number of nitrogen functional groups attached to an aromatic ring is 1. The van der Waals surface area contributed by atoms with Crippen LogP contribution in [0.15, 0.2) is 83.9 Å². The van der Waals surface area contributed by atoms with Crippen molar-refractivity contribution in [1.29, 1.82) is 0 Å². The average molecular weight is 687 g/mol. The van der Waals surface area contributed by atoms with Gasteiger partial charge in [-0.05, 0) is 67.4 Å². The maximum Gasteiger partial charge on any atom is 0.263 e. The lowest BCUT2D eigenvalue weighted by atomic mass is 10.1. The fraction of sp³-hybridized carbons (Fsp3) is 0.237. The summed E-state index contributed by atoms with van der Waals surface area (Å²) in [6, 6.07) is 19.8. The Balaban J connectivity index is 1.25. The van der Waals surface area contributed by atoms with Gasteiger partial charge in [0.25, 0.3) is 5.56 Å².